The van der Waals surface area contributed by atoms with E-state index in [4.69, 9.17) is 8.85 Å². The van der Waals surface area contributed by atoms with Crippen molar-refractivity contribution in [3.63, 3.8) is 0 Å². The maximum atomic E-state index is 6.26. The van der Waals surface area contributed by atoms with Gasteiger partial charge in [-0.1, -0.05) is 56.0 Å². The molecule has 0 aromatic heterocycles. The standard InChI is InChI=1S/C14H31BrO2Si/c1-4-7-11-16-18(13-6-3,14-9-10-15)17-12-8-5-2/h4-14H2,1-3H3. The molecule has 0 spiro atoms. The topological polar surface area (TPSA) is 18.5 Å². The Morgan fingerprint density at radius 2 is 1.33 bits per heavy atom. The maximum Gasteiger partial charge on any atom is 0.338 e. The van der Waals surface area contributed by atoms with E-state index in [1.54, 1.807) is 0 Å². The van der Waals surface area contributed by atoms with E-state index < -0.39 is 8.56 Å². The summed E-state index contributed by atoms with van der Waals surface area (Å²) in [6.07, 6.45) is 7.05. The molecule has 0 aliphatic carbocycles. The zero-order chi connectivity index (χ0) is 13.7. The molecule has 0 heterocycles. The first-order valence-corrected chi connectivity index (χ1v) is 10.9. The molecule has 0 aromatic carbocycles. The normalized spacial score (nSPS) is 12.0. The lowest BCUT2D eigenvalue weighted by molar-refractivity contribution is 0.162. The van der Waals surface area contributed by atoms with Crippen molar-refractivity contribution in [1.29, 1.82) is 0 Å². The quantitative estimate of drug-likeness (QED) is 0.259. The number of rotatable bonds is 13. The molecule has 0 rings (SSSR count). The van der Waals surface area contributed by atoms with Crippen LogP contribution in [0.1, 0.15) is 59.3 Å². The molecule has 0 saturated carbocycles. The Morgan fingerprint density at radius 1 is 0.778 bits per heavy atom. The average Bonchev–Trinajstić information content (AvgIpc) is 2.37. The third-order valence-electron chi connectivity index (χ3n) is 3.05. The second-order valence-corrected chi connectivity index (χ2v) is 9.05. The molecule has 0 amide bonds. The highest BCUT2D eigenvalue weighted by Gasteiger charge is 2.35. The van der Waals surface area contributed by atoms with Gasteiger partial charge in [-0.2, -0.15) is 0 Å². The van der Waals surface area contributed by atoms with Crippen LogP contribution >= 0.6 is 15.9 Å². The third kappa shape index (κ3) is 8.67. The fourth-order valence-corrected chi connectivity index (χ4v) is 6.20. The van der Waals surface area contributed by atoms with Gasteiger partial charge < -0.3 is 8.85 Å². The highest BCUT2D eigenvalue weighted by molar-refractivity contribution is 9.09. The molecule has 18 heavy (non-hydrogen) atoms. The van der Waals surface area contributed by atoms with Gasteiger partial charge in [-0.25, -0.2) is 0 Å². The van der Waals surface area contributed by atoms with Gasteiger partial charge in [0.05, 0.1) is 0 Å². The Morgan fingerprint density at radius 3 is 1.72 bits per heavy atom. The molecule has 0 aromatic rings. The van der Waals surface area contributed by atoms with E-state index in [1.807, 2.05) is 0 Å². The molecule has 0 atom stereocenters. The summed E-state index contributed by atoms with van der Waals surface area (Å²) in [5, 5.41) is 1.06. The van der Waals surface area contributed by atoms with E-state index in [9.17, 15) is 0 Å². The lowest BCUT2D eigenvalue weighted by Gasteiger charge is -2.30. The molecular weight excluding hydrogens is 308 g/mol. The lowest BCUT2D eigenvalue weighted by Crippen LogP contribution is -2.42. The molecule has 110 valence electrons. The molecule has 0 aliphatic heterocycles. The predicted molar refractivity (Wildman–Crippen MR) is 85.8 cm³/mol. The Hall–Kier alpha value is 0.617. The highest BCUT2D eigenvalue weighted by Crippen LogP contribution is 2.24. The first-order chi connectivity index (χ1) is 8.74. The highest BCUT2D eigenvalue weighted by atomic mass is 79.9. The average molecular weight is 339 g/mol. The molecule has 0 N–H and O–H groups in total. The molecule has 0 unspecified atom stereocenters. The minimum absolute atomic E-state index is 0.886. The van der Waals surface area contributed by atoms with Gasteiger partial charge in [0.2, 0.25) is 0 Å². The van der Waals surface area contributed by atoms with E-state index in [0.717, 1.165) is 43.5 Å². The van der Waals surface area contributed by atoms with Crippen molar-refractivity contribution in [2.75, 3.05) is 18.5 Å². The molecule has 0 fully saturated rings. The smallest absolute Gasteiger partial charge is 0.338 e. The van der Waals surface area contributed by atoms with Gasteiger partial charge in [0.15, 0.2) is 0 Å². The van der Waals surface area contributed by atoms with Crippen LogP contribution in [0.2, 0.25) is 12.1 Å². The summed E-state index contributed by atoms with van der Waals surface area (Å²) in [6.45, 7) is 8.43. The van der Waals surface area contributed by atoms with Gasteiger partial charge in [-0.15, -0.1) is 0 Å². The van der Waals surface area contributed by atoms with Crippen LogP contribution in [0, 0.1) is 0 Å². The van der Waals surface area contributed by atoms with Gasteiger partial charge >= 0.3 is 8.56 Å². The molecule has 2 nitrogen and oxygen atoms in total. The fourth-order valence-electron chi connectivity index (χ4n) is 1.98. The minimum Gasteiger partial charge on any atom is -0.394 e. The van der Waals surface area contributed by atoms with Gasteiger partial charge in [0.25, 0.3) is 0 Å². The van der Waals surface area contributed by atoms with E-state index in [2.05, 4.69) is 36.7 Å². The van der Waals surface area contributed by atoms with Crippen molar-refractivity contribution in [2.24, 2.45) is 0 Å². The van der Waals surface area contributed by atoms with Crippen LogP contribution < -0.4 is 0 Å². The number of hydrogen-bond donors (Lipinski definition) is 0. The largest absolute Gasteiger partial charge is 0.394 e. The lowest BCUT2D eigenvalue weighted by atomic mass is 10.4. The van der Waals surface area contributed by atoms with Crippen LogP contribution in [-0.2, 0) is 8.85 Å². The number of alkyl halides is 1. The van der Waals surface area contributed by atoms with Crippen LogP contribution in [0.25, 0.3) is 0 Å². The summed E-state index contributed by atoms with van der Waals surface area (Å²) >= 11 is 3.53. The Bertz CT molecular complexity index is 169. The minimum atomic E-state index is -1.92. The van der Waals surface area contributed by atoms with Crippen molar-refractivity contribution in [2.45, 2.75) is 71.4 Å². The summed E-state index contributed by atoms with van der Waals surface area (Å²) in [5.41, 5.74) is 0. The third-order valence-corrected chi connectivity index (χ3v) is 7.45. The summed E-state index contributed by atoms with van der Waals surface area (Å²) in [4.78, 5) is 0. The van der Waals surface area contributed by atoms with Crippen molar-refractivity contribution in [1.82, 2.24) is 0 Å². The number of halogens is 1. The first kappa shape index (κ1) is 18.6. The van der Waals surface area contributed by atoms with Crippen LogP contribution in [0.3, 0.4) is 0 Å². The van der Waals surface area contributed by atoms with Crippen LogP contribution in [0.5, 0.6) is 0 Å². The van der Waals surface area contributed by atoms with Crippen molar-refractivity contribution in [3.8, 4) is 0 Å². The molecule has 0 aliphatic rings. The molecular formula is C14H31BrO2Si. The number of unbranched alkanes of at least 4 members (excludes halogenated alkanes) is 2. The summed E-state index contributed by atoms with van der Waals surface area (Å²) in [5.74, 6) is 0. The summed E-state index contributed by atoms with van der Waals surface area (Å²) in [6, 6.07) is 2.28. The Balaban J connectivity index is 4.34. The maximum absolute atomic E-state index is 6.26. The molecule has 0 saturated heterocycles. The summed E-state index contributed by atoms with van der Waals surface area (Å²) < 4.78 is 12.5. The van der Waals surface area contributed by atoms with Crippen LogP contribution in [0.15, 0.2) is 0 Å². The van der Waals surface area contributed by atoms with Crippen molar-refractivity contribution in [3.05, 3.63) is 0 Å². The van der Waals surface area contributed by atoms with Crippen LogP contribution in [0.4, 0.5) is 0 Å². The zero-order valence-corrected chi connectivity index (χ0v) is 15.1. The zero-order valence-electron chi connectivity index (χ0n) is 12.5. The fraction of sp³-hybridized carbons (Fsp3) is 1.00. The molecule has 4 heteroatoms. The van der Waals surface area contributed by atoms with Crippen molar-refractivity contribution >= 4 is 24.5 Å². The monoisotopic (exact) mass is 338 g/mol. The SMILES string of the molecule is CCCCO[Si](CCC)(CCCBr)OCCCC. The van der Waals surface area contributed by atoms with Gasteiger partial charge in [0, 0.05) is 18.5 Å². The van der Waals surface area contributed by atoms with Gasteiger partial charge in [-0.3, -0.25) is 0 Å². The van der Waals surface area contributed by atoms with E-state index >= 15 is 0 Å². The summed E-state index contributed by atoms with van der Waals surface area (Å²) in [7, 11) is -1.92. The molecule has 0 bridgehead atoms. The van der Waals surface area contributed by atoms with Gasteiger partial charge in [0.1, 0.15) is 0 Å². The Labute approximate surface area is 123 Å². The van der Waals surface area contributed by atoms with E-state index in [0.29, 0.717) is 0 Å². The Kier molecular flexibility index (Phi) is 13.1. The van der Waals surface area contributed by atoms with E-state index in [1.165, 1.54) is 25.7 Å². The second kappa shape index (κ2) is 12.6. The molecule has 0 radical (unpaired) electrons. The number of hydrogen-bond acceptors (Lipinski definition) is 2. The second-order valence-electron chi connectivity index (χ2n) is 4.86. The van der Waals surface area contributed by atoms with E-state index in [-0.39, 0.29) is 0 Å². The first-order valence-electron chi connectivity index (χ1n) is 7.58. The predicted octanol–water partition coefficient (Wildman–Crippen LogP) is 5.26. The van der Waals surface area contributed by atoms with Crippen LogP contribution in [-0.4, -0.2) is 27.1 Å². The van der Waals surface area contributed by atoms with Crippen molar-refractivity contribution < 1.29 is 8.85 Å². The van der Waals surface area contributed by atoms with Gasteiger partial charge in [-0.05, 0) is 31.4 Å².